The molecular formula is C24H27N7O2. The van der Waals surface area contributed by atoms with E-state index in [0.717, 1.165) is 85.9 Å². The van der Waals surface area contributed by atoms with E-state index in [9.17, 15) is 0 Å². The number of aromatic nitrogens is 5. The van der Waals surface area contributed by atoms with Gasteiger partial charge in [-0.2, -0.15) is 0 Å². The Labute approximate surface area is 191 Å². The minimum Gasteiger partial charge on any atom is -0.489 e. The van der Waals surface area contributed by atoms with Gasteiger partial charge >= 0.3 is 0 Å². The quantitative estimate of drug-likeness (QED) is 0.484. The predicted molar refractivity (Wildman–Crippen MR) is 125 cm³/mol. The van der Waals surface area contributed by atoms with Crippen molar-refractivity contribution in [2.45, 2.75) is 25.4 Å². The summed E-state index contributed by atoms with van der Waals surface area (Å²) in [6, 6.07) is 8.56. The third kappa shape index (κ3) is 3.98. The Bertz CT molecular complexity index is 1250. The Morgan fingerprint density at radius 1 is 1.03 bits per heavy atom. The standard InChI is InChI=1S/C24H27N7O2/c1-4-19-17(13-30-9-11-32-12-10-30)6-7-25-21(19)20(5-1)33-14-18-3-2-8-31(18)24-22-23(27-15-26-22)28-16-29-24/h1,4-7,15-16,18H,2-3,8-14H2,(H,26,27,28,29)/t18-/m1/s1. The van der Waals surface area contributed by atoms with Crippen LogP contribution in [0.3, 0.4) is 0 Å². The largest absolute Gasteiger partial charge is 0.489 e. The van der Waals surface area contributed by atoms with Crippen LogP contribution in [0.5, 0.6) is 5.75 Å². The predicted octanol–water partition coefficient (Wildman–Crippen LogP) is 2.78. The highest BCUT2D eigenvalue weighted by molar-refractivity contribution is 5.87. The van der Waals surface area contributed by atoms with Gasteiger partial charge in [-0.3, -0.25) is 9.88 Å². The van der Waals surface area contributed by atoms with Crippen LogP contribution in [-0.2, 0) is 11.3 Å². The summed E-state index contributed by atoms with van der Waals surface area (Å²) in [6.45, 7) is 5.93. The highest BCUT2D eigenvalue weighted by Crippen LogP contribution is 2.30. The topological polar surface area (TPSA) is 92.3 Å². The Morgan fingerprint density at radius 2 is 1.97 bits per heavy atom. The molecule has 0 bridgehead atoms. The van der Waals surface area contributed by atoms with Gasteiger partial charge in [0.05, 0.1) is 25.6 Å². The SMILES string of the molecule is c1cc(OC[C@H]2CCCN2c2ncnc3[nH]cnc23)c2nccc(CN3CCOCC3)c2c1. The Kier molecular flexibility index (Phi) is 5.49. The van der Waals surface area contributed by atoms with Gasteiger partial charge in [-0.05, 0) is 30.5 Å². The van der Waals surface area contributed by atoms with Crippen LogP contribution in [-0.4, -0.2) is 75.3 Å². The molecule has 2 aliphatic heterocycles. The lowest BCUT2D eigenvalue weighted by Crippen LogP contribution is -2.35. The number of hydrogen-bond acceptors (Lipinski definition) is 8. The first-order valence-electron chi connectivity index (χ1n) is 11.6. The summed E-state index contributed by atoms with van der Waals surface area (Å²) in [6.07, 6.45) is 7.30. The molecule has 9 nitrogen and oxygen atoms in total. The number of imidazole rings is 1. The number of nitrogens with one attached hydrogen (secondary N) is 1. The van der Waals surface area contributed by atoms with Crippen LogP contribution >= 0.6 is 0 Å². The lowest BCUT2D eigenvalue weighted by atomic mass is 10.1. The number of anilines is 1. The molecule has 33 heavy (non-hydrogen) atoms. The third-order valence-electron chi connectivity index (χ3n) is 6.60. The summed E-state index contributed by atoms with van der Waals surface area (Å²) in [7, 11) is 0. The zero-order valence-electron chi connectivity index (χ0n) is 18.5. The van der Waals surface area contributed by atoms with Gasteiger partial charge in [0.2, 0.25) is 0 Å². The summed E-state index contributed by atoms with van der Waals surface area (Å²) in [5.41, 5.74) is 3.77. The van der Waals surface area contributed by atoms with E-state index in [4.69, 9.17) is 9.47 Å². The fourth-order valence-electron chi connectivity index (χ4n) is 4.90. The lowest BCUT2D eigenvalue weighted by Gasteiger charge is -2.27. The first-order chi connectivity index (χ1) is 16.4. The fourth-order valence-corrected chi connectivity index (χ4v) is 4.90. The van der Waals surface area contributed by atoms with Crippen molar-refractivity contribution in [1.29, 1.82) is 0 Å². The van der Waals surface area contributed by atoms with Crippen LogP contribution in [0.25, 0.3) is 22.1 Å². The summed E-state index contributed by atoms with van der Waals surface area (Å²) in [5, 5.41) is 1.15. The monoisotopic (exact) mass is 445 g/mol. The molecule has 2 fully saturated rings. The Morgan fingerprint density at radius 3 is 2.91 bits per heavy atom. The molecule has 0 radical (unpaired) electrons. The molecule has 3 aromatic heterocycles. The lowest BCUT2D eigenvalue weighted by molar-refractivity contribution is 0.0343. The van der Waals surface area contributed by atoms with E-state index < -0.39 is 0 Å². The second-order valence-electron chi connectivity index (χ2n) is 8.61. The van der Waals surface area contributed by atoms with Gasteiger partial charge in [0, 0.05) is 37.8 Å². The van der Waals surface area contributed by atoms with E-state index in [2.05, 4.69) is 52.9 Å². The van der Waals surface area contributed by atoms with Crippen molar-refractivity contribution in [2.75, 3.05) is 44.4 Å². The van der Waals surface area contributed by atoms with Crippen molar-refractivity contribution in [1.82, 2.24) is 29.8 Å². The number of morpholine rings is 1. The molecule has 0 amide bonds. The maximum Gasteiger partial charge on any atom is 0.162 e. The number of aromatic amines is 1. The average Bonchev–Trinajstić information content (AvgIpc) is 3.53. The van der Waals surface area contributed by atoms with Gasteiger partial charge in [-0.15, -0.1) is 0 Å². The number of benzene rings is 1. The molecule has 0 aliphatic carbocycles. The highest BCUT2D eigenvalue weighted by Gasteiger charge is 2.28. The molecule has 1 N–H and O–H groups in total. The van der Waals surface area contributed by atoms with Crippen LogP contribution in [0.15, 0.2) is 43.1 Å². The van der Waals surface area contributed by atoms with E-state index in [1.54, 1.807) is 12.7 Å². The van der Waals surface area contributed by atoms with E-state index in [0.29, 0.717) is 6.61 Å². The van der Waals surface area contributed by atoms with Crippen LogP contribution in [0.2, 0.25) is 0 Å². The van der Waals surface area contributed by atoms with Crippen LogP contribution in [0.1, 0.15) is 18.4 Å². The normalized spacial score (nSPS) is 19.5. The molecular weight excluding hydrogens is 418 g/mol. The molecule has 5 heterocycles. The first-order valence-corrected chi connectivity index (χ1v) is 11.6. The molecule has 1 aromatic carbocycles. The third-order valence-corrected chi connectivity index (χ3v) is 6.60. The molecule has 4 aromatic rings. The van der Waals surface area contributed by atoms with Gasteiger partial charge in [-0.25, -0.2) is 15.0 Å². The number of ether oxygens (including phenoxy) is 2. The van der Waals surface area contributed by atoms with Gasteiger partial charge in [-0.1, -0.05) is 12.1 Å². The zero-order chi connectivity index (χ0) is 22.0. The van der Waals surface area contributed by atoms with Crippen molar-refractivity contribution in [3.63, 3.8) is 0 Å². The minimum absolute atomic E-state index is 0.228. The van der Waals surface area contributed by atoms with Crippen LogP contribution in [0.4, 0.5) is 5.82 Å². The maximum atomic E-state index is 6.38. The summed E-state index contributed by atoms with van der Waals surface area (Å²) in [5.74, 6) is 1.70. The molecule has 1 atom stereocenters. The number of hydrogen-bond donors (Lipinski definition) is 1. The number of para-hydroxylation sites is 1. The van der Waals surface area contributed by atoms with Crippen molar-refractivity contribution in [3.8, 4) is 5.75 Å². The van der Waals surface area contributed by atoms with Gasteiger partial charge in [0.1, 0.15) is 29.7 Å². The van der Waals surface area contributed by atoms with Crippen LogP contribution < -0.4 is 9.64 Å². The van der Waals surface area contributed by atoms with Crippen molar-refractivity contribution < 1.29 is 9.47 Å². The molecule has 6 rings (SSSR count). The highest BCUT2D eigenvalue weighted by atomic mass is 16.5. The van der Waals surface area contributed by atoms with Crippen molar-refractivity contribution >= 4 is 27.9 Å². The van der Waals surface area contributed by atoms with Gasteiger partial charge < -0.3 is 19.4 Å². The zero-order valence-corrected chi connectivity index (χ0v) is 18.5. The number of H-pyrrole nitrogens is 1. The van der Waals surface area contributed by atoms with Crippen LogP contribution in [0, 0.1) is 0 Å². The first kappa shape index (κ1) is 20.3. The van der Waals surface area contributed by atoms with Gasteiger partial charge in [0.15, 0.2) is 11.5 Å². The summed E-state index contributed by atoms with van der Waals surface area (Å²) < 4.78 is 11.9. The fraction of sp³-hybridized carbons (Fsp3) is 0.417. The van der Waals surface area contributed by atoms with Gasteiger partial charge in [0.25, 0.3) is 0 Å². The Balaban J connectivity index is 1.22. The number of pyridine rings is 1. The van der Waals surface area contributed by atoms with Crippen molar-refractivity contribution in [3.05, 3.63) is 48.7 Å². The second kappa shape index (κ2) is 8.92. The van der Waals surface area contributed by atoms with Crippen molar-refractivity contribution in [2.24, 2.45) is 0 Å². The average molecular weight is 446 g/mol. The van der Waals surface area contributed by atoms with E-state index >= 15 is 0 Å². The molecule has 0 saturated carbocycles. The molecule has 2 aliphatic rings. The number of nitrogens with zero attached hydrogens (tertiary/aromatic N) is 6. The van der Waals surface area contributed by atoms with E-state index in [-0.39, 0.29) is 6.04 Å². The summed E-state index contributed by atoms with van der Waals surface area (Å²) in [4.78, 5) is 25.7. The van der Waals surface area contributed by atoms with E-state index in [1.807, 2.05) is 12.3 Å². The number of rotatable bonds is 6. The molecule has 2 saturated heterocycles. The minimum atomic E-state index is 0.228. The molecule has 170 valence electrons. The summed E-state index contributed by atoms with van der Waals surface area (Å²) >= 11 is 0. The maximum absolute atomic E-state index is 6.38. The smallest absolute Gasteiger partial charge is 0.162 e. The molecule has 0 spiro atoms. The Hall–Kier alpha value is -3.30. The molecule has 9 heteroatoms. The van der Waals surface area contributed by atoms with E-state index in [1.165, 1.54) is 5.56 Å². The molecule has 0 unspecified atom stereocenters. The second-order valence-corrected chi connectivity index (χ2v) is 8.61. The number of fused-ring (bicyclic) bond motifs is 2.